The molecule has 3 rings (SSSR count). The second kappa shape index (κ2) is 9.13. The second-order valence-electron chi connectivity index (χ2n) is 5.08. The average Bonchev–Trinajstić information content (AvgIpc) is 3.30. The van der Waals surface area contributed by atoms with Crippen molar-refractivity contribution in [3.63, 3.8) is 0 Å². The minimum atomic E-state index is -0.625. The van der Waals surface area contributed by atoms with E-state index in [4.69, 9.17) is 21.1 Å². The molecule has 146 valence electrons. The minimum Gasteiger partial charge on any atom is -0.461 e. The number of aromatic nitrogens is 5. The Morgan fingerprint density at radius 3 is 2.36 bits per heavy atom. The zero-order valence-electron chi connectivity index (χ0n) is 14.8. The number of nitrogens with zero attached hydrogens (tertiary/aromatic N) is 5. The number of halogens is 1. The Hall–Kier alpha value is -2.50. The lowest BCUT2D eigenvalue weighted by molar-refractivity contribution is 0.0507. The molecule has 9 nitrogen and oxygen atoms in total. The summed E-state index contributed by atoms with van der Waals surface area (Å²) >= 11 is 8.03. The lowest BCUT2D eigenvalue weighted by Crippen LogP contribution is -2.08. The van der Waals surface area contributed by atoms with Crippen LogP contribution in [0.5, 0.6) is 0 Å². The largest absolute Gasteiger partial charge is 0.461 e. The molecule has 0 aliphatic rings. The summed E-state index contributed by atoms with van der Waals surface area (Å²) < 4.78 is 15.8. The fourth-order valence-electron chi connectivity index (χ4n) is 2.10. The van der Waals surface area contributed by atoms with Gasteiger partial charge in [0.25, 0.3) is 0 Å². The molecule has 2 heterocycles. The number of benzene rings is 1. The van der Waals surface area contributed by atoms with E-state index in [0.717, 1.165) is 23.3 Å². The van der Waals surface area contributed by atoms with Gasteiger partial charge in [0.2, 0.25) is 5.69 Å². The lowest BCUT2D eigenvalue weighted by Gasteiger charge is -2.07. The number of hydrogen-bond donors (Lipinski definition) is 0. The van der Waals surface area contributed by atoms with Crippen molar-refractivity contribution >= 4 is 46.8 Å². The summed E-state index contributed by atoms with van der Waals surface area (Å²) in [5, 5.41) is 12.8. The van der Waals surface area contributed by atoms with Gasteiger partial charge >= 0.3 is 11.9 Å². The van der Waals surface area contributed by atoms with E-state index in [9.17, 15) is 9.59 Å². The van der Waals surface area contributed by atoms with Crippen LogP contribution < -0.4 is 0 Å². The molecule has 0 bridgehead atoms. The molecule has 0 spiro atoms. The van der Waals surface area contributed by atoms with Crippen LogP contribution in [0.3, 0.4) is 0 Å². The van der Waals surface area contributed by atoms with Crippen molar-refractivity contribution < 1.29 is 19.1 Å². The number of esters is 2. The van der Waals surface area contributed by atoms with Gasteiger partial charge in [0, 0.05) is 5.02 Å². The van der Waals surface area contributed by atoms with E-state index in [1.165, 1.54) is 4.68 Å². The molecule has 0 unspecified atom stereocenters. The molecule has 0 radical (unpaired) electrons. The average molecular weight is 440 g/mol. The van der Waals surface area contributed by atoms with Crippen molar-refractivity contribution in [3.8, 4) is 5.69 Å². The molecule has 0 fully saturated rings. The second-order valence-corrected chi connectivity index (χ2v) is 7.53. The van der Waals surface area contributed by atoms with Crippen molar-refractivity contribution in [1.82, 2.24) is 24.6 Å². The van der Waals surface area contributed by atoms with E-state index in [-0.39, 0.29) is 24.6 Å². The van der Waals surface area contributed by atoms with E-state index >= 15 is 0 Å². The summed E-state index contributed by atoms with van der Waals surface area (Å²) in [4.78, 5) is 24.4. The molecule has 3 aromatic rings. The van der Waals surface area contributed by atoms with Crippen LogP contribution >= 0.6 is 34.9 Å². The molecule has 0 amide bonds. The molecule has 0 aliphatic carbocycles. The van der Waals surface area contributed by atoms with Gasteiger partial charge in [0.1, 0.15) is 9.24 Å². The van der Waals surface area contributed by atoms with Crippen LogP contribution in [-0.2, 0) is 9.47 Å². The zero-order chi connectivity index (χ0) is 20.1. The van der Waals surface area contributed by atoms with E-state index in [0.29, 0.717) is 19.9 Å². The number of rotatable bonds is 7. The summed E-state index contributed by atoms with van der Waals surface area (Å²) in [5.74, 6) is -1.22. The maximum absolute atomic E-state index is 12.3. The van der Waals surface area contributed by atoms with Crippen molar-refractivity contribution in [2.24, 2.45) is 0 Å². The predicted molar refractivity (Wildman–Crippen MR) is 102 cm³/mol. The van der Waals surface area contributed by atoms with Gasteiger partial charge in [-0.2, -0.15) is 0 Å². The highest BCUT2D eigenvalue weighted by atomic mass is 35.5. The predicted octanol–water partition coefficient (Wildman–Crippen LogP) is 3.28. The zero-order valence-corrected chi connectivity index (χ0v) is 17.2. The van der Waals surface area contributed by atoms with E-state index in [2.05, 4.69) is 19.9 Å². The molecule has 0 saturated heterocycles. The fraction of sp³-hybridized carbons (Fsp3) is 0.250. The Kier molecular flexibility index (Phi) is 6.60. The molecule has 12 heteroatoms. The van der Waals surface area contributed by atoms with Crippen LogP contribution in [0.4, 0.5) is 0 Å². The monoisotopic (exact) mass is 439 g/mol. The normalized spacial score (nSPS) is 10.7. The quantitative estimate of drug-likeness (QED) is 0.512. The van der Waals surface area contributed by atoms with Crippen LogP contribution in [0.2, 0.25) is 5.02 Å². The highest BCUT2D eigenvalue weighted by molar-refractivity contribution is 8.01. The first-order chi connectivity index (χ1) is 13.5. The van der Waals surface area contributed by atoms with E-state index in [1.54, 1.807) is 38.1 Å². The molecule has 1 aromatic carbocycles. The first-order valence-corrected chi connectivity index (χ1v) is 10.1. The molecule has 28 heavy (non-hydrogen) atoms. The number of ether oxygens (including phenoxy) is 2. The smallest absolute Gasteiger partial charge is 0.361 e. The molecule has 0 saturated carbocycles. The van der Waals surface area contributed by atoms with Gasteiger partial charge in [-0.05, 0) is 49.6 Å². The molecule has 0 aliphatic heterocycles. The van der Waals surface area contributed by atoms with Gasteiger partial charge in [-0.3, -0.25) is 0 Å². The van der Waals surface area contributed by atoms with Crippen molar-refractivity contribution in [1.29, 1.82) is 0 Å². The minimum absolute atomic E-state index is 0.0185. The summed E-state index contributed by atoms with van der Waals surface area (Å²) in [6.45, 7) is 3.79. The molecule has 0 N–H and O–H groups in total. The third-order valence-electron chi connectivity index (χ3n) is 3.29. The van der Waals surface area contributed by atoms with Gasteiger partial charge in [-0.15, -0.1) is 10.2 Å². The highest BCUT2D eigenvalue weighted by Crippen LogP contribution is 2.35. The van der Waals surface area contributed by atoms with Gasteiger partial charge in [0.05, 0.1) is 18.9 Å². The maximum atomic E-state index is 12.3. The third kappa shape index (κ3) is 4.32. The highest BCUT2D eigenvalue weighted by Gasteiger charge is 2.27. The molecular weight excluding hydrogens is 426 g/mol. The van der Waals surface area contributed by atoms with Crippen molar-refractivity contribution in [2.45, 2.75) is 23.1 Å². The lowest BCUT2D eigenvalue weighted by atomic mass is 10.3. The summed E-state index contributed by atoms with van der Waals surface area (Å²) in [7, 11) is 0. The topological polar surface area (TPSA) is 109 Å². The van der Waals surface area contributed by atoms with Crippen LogP contribution in [0, 0.1) is 0 Å². The number of carbonyl (C=O) groups excluding carboxylic acids is 2. The van der Waals surface area contributed by atoms with Gasteiger partial charge in [-0.25, -0.2) is 14.3 Å². The van der Waals surface area contributed by atoms with Crippen molar-refractivity contribution in [2.75, 3.05) is 13.2 Å². The summed E-state index contributed by atoms with van der Waals surface area (Å²) in [6.07, 6.45) is 0. The van der Waals surface area contributed by atoms with Crippen LogP contribution in [-0.4, -0.2) is 49.7 Å². The standard InChI is InChI=1S/C16H14ClN5O4S2/c1-3-25-14(23)11-13(22(20-18-11)10-7-5-9(17)6-8-10)27-16-12(19-21-28-16)15(24)26-4-2/h5-8H,3-4H2,1-2H3. The Morgan fingerprint density at radius 2 is 1.71 bits per heavy atom. The first-order valence-electron chi connectivity index (χ1n) is 8.11. The first kappa shape index (κ1) is 20.2. The van der Waals surface area contributed by atoms with Gasteiger partial charge < -0.3 is 9.47 Å². The van der Waals surface area contributed by atoms with E-state index < -0.39 is 11.9 Å². The maximum Gasteiger partial charge on any atom is 0.361 e. The summed E-state index contributed by atoms with van der Waals surface area (Å²) in [5.41, 5.74) is 0.714. The number of carbonyl (C=O) groups is 2. The van der Waals surface area contributed by atoms with E-state index in [1.807, 2.05) is 0 Å². The molecular formula is C16H14ClN5O4S2. The van der Waals surface area contributed by atoms with Crippen LogP contribution in [0.15, 0.2) is 33.5 Å². The SMILES string of the molecule is CCOC(=O)c1nnsc1Sc1c(C(=O)OCC)nnn1-c1ccc(Cl)cc1. The number of hydrogen-bond acceptors (Lipinski definition) is 10. The Labute approximate surface area is 173 Å². The van der Waals surface area contributed by atoms with Crippen molar-refractivity contribution in [3.05, 3.63) is 40.7 Å². The van der Waals surface area contributed by atoms with Crippen LogP contribution in [0.25, 0.3) is 5.69 Å². The fourth-order valence-corrected chi connectivity index (χ4v) is 3.97. The summed E-state index contributed by atoms with van der Waals surface area (Å²) in [6, 6.07) is 6.84. The van der Waals surface area contributed by atoms with Gasteiger partial charge in [-0.1, -0.05) is 33.1 Å². The third-order valence-corrected chi connectivity index (χ3v) is 5.47. The van der Waals surface area contributed by atoms with Crippen LogP contribution in [0.1, 0.15) is 34.8 Å². The van der Waals surface area contributed by atoms with Gasteiger partial charge in [0.15, 0.2) is 5.69 Å². The molecule has 2 aromatic heterocycles. The Morgan fingerprint density at radius 1 is 1.07 bits per heavy atom. The Balaban J connectivity index is 2.04. The molecule has 0 atom stereocenters. The Bertz CT molecular complexity index is 989.